The zero-order valence-electron chi connectivity index (χ0n) is 11.1. The van der Waals surface area contributed by atoms with Crippen molar-refractivity contribution in [1.29, 1.82) is 0 Å². The minimum absolute atomic E-state index is 0.0215. The van der Waals surface area contributed by atoms with Crippen molar-refractivity contribution in [3.8, 4) is 0 Å². The van der Waals surface area contributed by atoms with Crippen LogP contribution in [0.1, 0.15) is 26.7 Å². The van der Waals surface area contributed by atoms with Gasteiger partial charge in [-0.3, -0.25) is 4.79 Å². The van der Waals surface area contributed by atoms with Crippen LogP contribution in [0.2, 0.25) is 0 Å². The smallest absolute Gasteiger partial charge is 0.223 e. The molecule has 1 amide bonds. The summed E-state index contributed by atoms with van der Waals surface area (Å²) >= 11 is 0. The van der Waals surface area contributed by atoms with Crippen molar-refractivity contribution in [2.45, 2.75) is 32.2 Å². The summed E-state index contributed by atoms with van der Waals surface area (Å²) < 4.78 is 22.8. The van der Waals surface area contributed by atoms with E-state index in [1.54, 1.807) is 0 Å². The highest BCUT2D eigenvalue weighted by Crippen LogP contribution is 2.25. The predicted molar refractivity (Wildman–Crippen MR) is 70.0 cm³/mol. The zero-order valence-corrected chi connectivity index (χ0v) is 11.9. The number of hydrogen-bond donors (Lipinski definition) is 1. The second-order valence-electron chi connectivity index (χ2n) is 6.01. The Labute approximate surface area is 109 Å². The molecule has 6 heteroatoms. The van der Waals surface area contributed by atoms with Crippen molar-refractivity contribution < 1.29 is 13.2 Å². The van der Waals surface area contributed by atoms with E-state index in [1.807, 2.05) is 18.7 Å². The minimum atomic E-state index is -2.88. The van der Waals surface area contributed by atoms with Crippen molar-refractivity contribution in [2.24, 2.45) is 5.92 Å². The van der Waals surface area contributed by atoms with Crippen LogP contribution in [0.4, 0.5) is 0 Å². The molecule has 2 aliphatic heterocycles. The third kappa shape index (κ3) is 3.03. The molecular weight excluding hydrogens is 252 g/mol. The molecule has 0 saturated carbocycles. The largest absolute Gasteiger partial charge is 0.335 e. The first-order valence-electron chi connectivity index (χ1n) is 6.52. The molecule has 0 radical (unpaired) electrons. The molecule has 0 aromatic carbocycles. The van der Waals surface area contributed by atoms with E-state index in [4.69, 9.17) is 0 Å². The maximum atomic E-state index is 12.3. The van der Waals surface area contributed by atoms with Crippen LogP contribution in [-0.2, 0) is 14.6 Å². The van der Waals surface area contributed by atoms with Crippen LogP contribution in [0.25, 0.3) is 0 Å². The molecule has 104 valence electrons. The fourth-order valence-electron chi connectivity index (χ4n) is 2.84. The highest BCUT2D eigenvalue weighted by Gasteiger charge is 2.36. The molecular formula is C12H22N2O3S. The average molecular weight is 274 g/mol. The Morgan fingerprint density at radius 1 is 1.44 bits per heavy atom. The van der Waals surface area contributed by atoms with E-state index >= 15 is 0 Å². The van der Waals surface area contributed by atoms with E-state index in [2.05, 4.69) is 5.32 Å². The lowest BCUT2D eigenvalue weighted by Gasteiger charge is -2.43. The SMILES string of the molecule is CC1(C)CNCCN1C(=O)CC1CCS(=O)(=O)C1. The van der Waals surface area contributed by atoms with Crippen molar-refractivity contribution in [3.05, 3.63) is 0 Å². The van der Waals surface area contributed by atoms with Crippen LogP contribution in [0.5, 0.6) is 0 Å². The summed E-state index contributed by atoms with van der Waals surface area (Å²) in [6.45, 7) is 6.41. The normalized spacial score (nSPS) is 30.3. The van der Waals surface area contributed by atoms with Gasteiger partial charge >= 0.3 is 0 Å². The highest BCUT2D eigenvalue weighted by molar-refractivity contribution is 7.91. The van der Waals surface area contributed by atoms with Crippen molar-refractivity contribution in [1.82, 2.24) is 10.2 Å². The molecule has 2 heterocycles. The third-order valence-electron chi connectivity index (χ3n) is 3.89. The van der Waals surface area contributed by atoms with Gasteiger partial charge in [-0.1, -0.05) is 0 Å². The van der Waals surface area contributed by atoms with Gasteiger partial charge in [0.25, 0.3) is 0 Å². The third-order valence-corrected chi connectivity index (χ3v) is 5.73. The number of nitrogens with one attached hydrogen (secondary N) is 1. The molecule has 0 bridgehead atoms. The summed E-state index contributed by atoms with van der Waals surface area (Å²) in [5.74, 6) is 0.554. The van der Waals surface area contributed by atoms with Gasteiger partial charge in [-0.2, -0.15) is 0 Å². The molecule has 2 saturated heterocycles. The second-order valence-corrected chi connectivity index (χ2v) is 8.24. The topological polar surface area (TPSA) is 66.5 Å². The van der Waals surface area contributed by atoms with E-state index in [0.29, 0.717) is 19.4 Å². The summed E-state index contributed by atoms with van der Waals surface area (Å²) in [5, 5.41) is 3.28. The summed E-state index contributed by atoms with van der Waals surface area (Å²) in [6, 6.07) is 0. The van der Waals surface area contributed by atoms with E-state index < -0.39 is 9.84 Å². The Morgan fingerprint density at radius 2 is 2.17 bits per heavy atom. The minimum Gasteiger partial charge on any atom is -0.335 e. The Morgan fingerprint density at radius 3 is 2.72 bits per heavy atom. The summed E-state index contributed by atoms with van der Waals surface area (Å²) in [4.78, 5) is 14.2. The van der Waals surface area contributed by atoms with Gasteiger partial charge in [0, 0.05) is 31.6 Å². The van der Waals surface area contributed by atoms with Gasteiger partial charge in [0.05, 0.1) is 11.5 Å². The molecule has 18 heavy (non-hydrogen) atoms. The maximum absolute atomic E-state index is 12.3. The first-order chi connectivity index (χ1) is 8.30. The highest BCUT2D eigenvalue weighted by atomic mass is 32.2. The number of sulfone groups is 1. The number of carbonyl (C=O) groups excluding carboxylic acids is 1. The molecule has 1 unspecified atom stereocenters. The molecule has 0 aromatic heterocycles. The maximum Gasteiger partial charge on any atom is 0.223 e. The van der Waals surface area contributed by atoms with E-state index in [1.165, 1.54) is 0 Å². The molecule has 1 atom stereocenters. The lowest BCUT2D eigenvalue weighted by molar-refractivity contribution is -0.138. The summed E-state index contributed by atoms with van der Waals surface area (Å²) in [5.41, 5.74) is -0.174. The zero-order chi connectivity index (χ0) is 13.4. The number of nitrogens with zero attached hydrogens (tertiary/aromatic N) is 1. The van der Waals surface area contributed by atoms with Gasteiger partial charge in [0.2, 0.25) is 5.91 Å². The lowest BCUT2D eigenvalue weighted by atomic mass is 9.97. The monoisotopic (exact) mass is 274 g/mol. The molecule has 5 nitrogen and oxygen atoms in total. The van der Waals surface area contributed by atoms with Crippen molar-refractivity contribution in [3.63, 3.8) is 0 Å². The Balaban J connectivity index is 1.96. The Hall–Kier alpha value is -0.620. The first kappa shape index (κ1) is 13.8. The van der Waals surface area contributed by atoms with Crippen LogP contribution in [0, 0.1) is 5.92 Å². The van der Waals surface area contributed by atoms with Gasteiger partial charge in [-0.05, 0) is 26.2 Å². The second kappa shape index (κ2) is 4.81. The summed E-state index contributed by atoms with van der Waals surface area (Å²) in [7, 11) is -2.88. The van der Waals surface area contributed by atoms with Crippen molar-refractivity contribution in [2.75, 3.05) is 31.1 Å². The quantitative estimate of drug-likeness (QED) is 0.771. The fourth-order valence-corrected chi connectivity index (χ4v) is 4.70. The Bertz CT molecular complexity index is 431. The average Bonchev–Trinajstić information content (AvgIpc) is 2.57. The van der Waals surface area contributed by atoms with Gasteiger partial charge in [0.1, 0.15) is 0 Å². The van der Waals surface area contributed by atoms with Crippen LogP contribution in [0.3, 0.4) is 0 Å². The molecule has 0 aliphatic carbocycles. The molecule has 2 rings (SSSR count). The predicted octanol–water partition coefficient (Wildman–Crippen LogP) is 0.0216. The van der Waals surface area contributed by atoms with Gasteiger partial charge in [0.15, 0.2) is 9.84 Å². The van der Waals surface area contributed by atoms with Gasteiger partial charge in [-0.25, -0.2) is 8.42 Å². The number of amides is 1. The van der Waals surface area contributed by atoms with Gasteiger partial charge in [-0.15, -0.1) is 0 Å². The number of piperazine rings is 1. The van der Waals surface area contributed by atoms with Crippen LogP contribution < -0.4 is 5.32 Å². The first-order valence-corrected chi connectivity index (χ1v) is 8.34. The number of hydrogen-bond acceptors (Lipinski definition) is 4. The lowest BCUT2D eigenvalue weighted by Crippen LogP contribution is -2.60. The number of carbonyl (C=O) groups is 1. The van der Waals surface area contributed by atoms with Crippen LogP contribution >= 0.6 is 0 Å². The van der Waals surface area contributed by atoms with Crippen LogP contribution in [-0.4, -0.2) is 55.9 Å². The van der Waals surface area contributed by atoms with E-state index in [9.17, 15) is 13.2 Å². The molecule has 1 N–H and O–H groups in total. The van der Waals surface area contributed by atoms with Crippen molar-refractivity contribution >= 4 is 15.7 Å². The Kier molecular flexibility index (Phi) is 3.69. The summed E-state index contributed by atoms with van der Waals surface area (Å²) in [6.07, 6.45) is 1.02. The van der Waals surface area contributed by atoms with E-state index in [-0.39, 0.29) is 28.9 Å². The standard InChI is InChI=1S/C12H22N2O3S/c1-12(2)9-13-4-5-14(12)11(15)7-10-3-6-18(16,17)8-10/h10,13H,3-9H2,1-2H3. The van der Waals surface area contributed by atoms with E-state index in [0.717, 1.165) is 13.1 Å². The molecule has 0 spiro atoms. The fraction of sp³-hybridized carbons (Fsp3) is 0.917. The number of rotatable bonds is 2. The van der Waals surface area contributed by atoms with Crippen LogP contribution in [0.15, 0.2) is 0 Å². The van der Waals surface area contributed by atoms with Gasteiger partial charge < -0.3 is 10.2 Å². The molecule has 2 aliphatic rings. The molecule has 0 aromatic rings. The molecule has 2 fully saturated rings.